The highest BCUT2D eigenvalue weighted by molar-refractivity contribution is 6.14. The number of amides is 2. The fourth-order valence-corrected chi connectivity index (χ4v) is 2.93. The van der Waals surface area contributed by atoms with Crippen molar-refractivity contribution in [3.8, 4) is 0 Å². The normalized spacial score (nSPS) is 16.4. The SMILES string of the molecule is Cc1cccc(=O)n1C1N(Cl)C(OCc2ccc(F)cc2F)=CN1C(N)=O. The molecular weight excluding hydrogens is 382 g/mol. The third-order valence-corrected chi connectivity index (χ3v) is 4.32. The fourth-order valence-electron chi connectivity index (χ4n) is 2.66. The summed E-state index contributed by atoms with van der Waals surface area (Å²) in [6.07, 6.45) is 0.117. The molecule has 0 aliphatic carbocycles. The van der Waals surface area contributed by atoms with Crippen molar-refractivity contribution >= 4 is 17.8 Å². The number of hydrogen-bond acceptors (Lipinski definition) is 4. The van der Waals surface area contributed by atoms with Crippen LogP contribution in [0.1, 0.15) is 17.5 Å². The number of benzene rings is 1. The third kappa shape index (κ3) is 3.59. The van der Waals surface area contributed by atoms with E-state index in [0.717, 1.165) is 21.5 Å². The first-order chi connectivity index (χ1) is 12.8. The van der Waals surface area contributed by atoms with Crippen molar-refractivity contribution < 1.29 is 18.3 Å². The van der Waals surface area contributed by atoms with Crippen LogP contribution in [0, 0.1) is 18.6 Å². The second kappa shape index (κ2) is 7.28. The van der Waals surface area contributed by atoms with E-state index in [2.05, 4.69) is 0 Å². The van der Waals surface area contributed by atoms with Crippen LogP contribution in [0.15, 0.2) is 53.3 Å². The molecule has 0 fully saturated rings. The maximum atomic E-state index is 13.8. The molecule has 10 heteroatoms. The molecule has 27 heavy (non-hydrogen) atoms. The zero-order valence-electron chi connectivity index (χ0n) is 14.1. The first kappa shape index (κ1) is 18.7. The zero-order chi connectivity index (χ0) is 19.7. The van der Waals surface area contributed by atoms with Crippen LogP contribution in [0.5, 0.6) is 0 Å². The van der Waals surface area contributed by atoms with E-state index >= 15 is 0 Å². The van der Waals surface area contributed by atoms with Crippen molar-refractivity contribution in [3.05, 3.63) is 81.7 Å². The third-order valence-electron chi connectivity index (χ3n) is 3.98. The minimum Gasteiger partial charge on any atom is -0.472 e. The molecule has 0 bridgehead atoms. The Hall–Kier alpha value is -3.07. The molecule has 1 unspecified atom stereocenters. The Labute approximate surface area is 157 Å². The van der Waals surface area contributed by atoms with Crippen LogP contribution >= 0.6 is 11.8 Å². The van der Waals surface area contributed by atoms with E-state index in [1.54, 1.807) is 19.1 Å². The highest BCUT2D eigenvalue weighted by Crippen LogP contribution is 2.33. The van der Waals surface area contributed by atoms with Gasteiger partial charge >= 0.3 is 6.03 Å². The van der Waals surface area contributed by atoms with Crippen LogP contribution in [0.2, 0.25) is 0 Å². The van der Waals surface area contributed by atoms with Gasteiger partial charge in [0.1, 0.15) is 18.2 Å². The molecule has 2 aromatic rings. The lowest BCUT2D eigenvalue weighted by atomic mass is 10.2. The van der Waals surface area contributed by atoms with Crippen molar-refractivity contribution in [3.63, 3.8) is 0 Å². The minimum absolute atomic E-state index is 0.0284. The average molecular weight is 397 g/mol. The first-order valence-electron chi connectivity index (χ1n) is 7.79. The molecule has 142 valence electrons. The molecule has 2 amide bonds. The molecule has 1 aromatic carbocycles. The number of hydrogen-bond donors (Lipinski definition) is 1. The monoisotopic (exact) mass is 396 g/mol. The maximum Gasteiger partial charge on any atom is 0.322 e. The van der Waals surface area contributed by atoms with Gasteiger partial charge in [-0.25, -0.2) is 18.0 Å². The van der Waals surface area contributed by atoms with Crippen LogP contribution in [0.3, 0.4) is 0 Å². The predicted molar refractivity (Wildman–Crippen MR) is 92.8 cm³/mol. The largest absolute Gasteiger partial charge is 0.472 e. The van der Waals surface area contributed by atoms with Crippen molar-refractivity contribution in [1.29, 1.82) is 0 Å². The topological polar surface area (TPSA) is 80.8 Å². The molecule has 2 heterocycles. The summed E-state index contributed by atoms with van der Waals surface area (Å²) >= 11 is 6.27. The molecular formula is C17H15ClF2N4O3. The van der Waals surface area contributed by atoms with Gasteiger partial charge in [-0.3, -0.25) is 14.3 Å². The molecule has 1 aromatic heterocycles. The number of halogens is 3. The van der Waals surface area contributed by atoms with Crippen LogP contribution in [-0.2, 0) is 11.3 Å². The Morgan fingerprint density at radius 2 is 2.04 bits per heavy atom. The highest BCUT2D eigenvalue weighted by Gasteiger charge is 2.38. The molecule has 1 aliphatic heterocycles. The number of aromatic nitrogens is 1. The van der Waals surface area contributed by atoms with E-state index in [4.69, 9.17) is 22.2 Å². The molecule has 2 N–H and O–H groups in total. The number of carbonyl (C=O) groups is 1. The van der Waals surface area contributed by atoms with Gasteiger partial charge in [-0.05, 0) is 25.1 Å². The van der Waals surface area contributed by atoms with E-state index < -0.39 is 29.5 Å². The number of ether oxygens (including phenoxy) is 1. The van der Waals surface area contributed by atoms with Gasteiger partial charge in [-0.2, -0.15) is 0 Å². The molecule has 1 atom stereocenters. The Morgan fingerprint density at radius 1 is 1.30 bits per heavy atom. The minimum atomic E-state index is -1.09. The Morgan fingerprint density at radius 3 is 2.67 bits per heavy atom. The standard InChI is InChI=1S/C17H15ClF2N4O3/c1-10-3-2-4-14(25)23(10)17-22(16(21)26)8-15(24(17)18)27-9-11-5-6-12(19)7-13(11)20/h2-8,17H,9H2,1H3,(H2,21,26). The predicted octanol–water partition coefficient (Wildman–Crippen LogP) is 2.76. The molecule has 0 saturated carbocycles. The van der Waals surface area contributed by atoms with E-state index in [1.165, 1.54) is 22.9 Å². The van der Waals surface area contributed by atoms with Crippen molar-refractivity contribution in [2.45, 2.75) is 19.8 Å². The van der Waals surface area contributed by atoms with Crippen LogP contribution in [-0.4, -0.2) is 19.9 Å². The molecule has 3 rings (SSSR count). The fraction of sp³-hybridized carbons (Fsp3) is 0.176. The van der Waals surface area contributed by atoms with Gasteiger partial charge in [0.05, 0.1) is 6.20 Å². The van der Waals surface area contributed by atoms with Gasteiger partial charge in [-0.1, -0.05) is 6.07 Å². The number of aryl methyl sites for hydroxylation is 1. The van der Waals surface area contributed by atoms with Gasteiger partial charge < -0.3 is 10.5 Å². The molecule has 7 nitrogen and oxygen atoms in total. The summed E-state index contributed by atoms with van der Waals surface area (Å²) in [5.74, 6) is -1.53. The Kier molecular flexibility index (Phi) is 5.04. The lowest BCUT2D eigenvalue weighted by Crippen LogP contribution is -2.43. The number of nitrogens with two attached hydrogens (primary N) is 1. The second-order valence-electron chi connectivity index (χ2n) is 5.77. The second-order valence-corrected chi connectivity index (χ2v) is 6.13. The molecule has 1 aliphatic rings. The summed E-state index contributed by atoms with van der Waals surface area (Å²) in [5.41, 5.74) is 5.59. The number of carbonyl (C=O) groups excluding carboxylic acids is 1. The molecule has 0 spiro atoms. The number of nitrogens with zero attached hydrogens (tertiary/aromatic N) is 3. The van der Waals surface area contributed by atoms with Crippen molar-refractivity contribution in [1.82, 2.24) is 13.9 Å². The van der Waals surface area contributed by atoms with Crippen molar-refractivity contribution in [2.75, 3.05) is 0 Å². The first-order valence-corrected chi connectivity index (χ1v) is 8.13. The molecule has 0 radical (unpaired) electrons. The van der Waals surface area contributed by atoms with Crippen LogP contribution in [0.25, 0.3) is 0 Å². The zero-order valence-corrected chi connectivity index (χ0v) is 14.9. The Balaban J connectivity index is 1.88. The van der Waals surface area contributed by atoms with Gasteiger partial charge in [0.15, 0.2) is 0 Å². The lowest BCUT2D eigenvalue weighted by Gasteiger charge is -2.29. The van der Waals surface area contributed by atoms with Crippen LogP contribution in [0.4, 0.5) is 13.6 Å². The summed E-state index contributed by atoms with van der Waals surface area (Å²) in [5, 5.41) is 0. The number of urea groups is 1. The lowest BCUT2D eigenvalue weighted by molar-refractivity contribution is 0.0930. The van der Waals surface area contributed by atoms with Gasteiger partial charge in [0.25, 0.3) is 5.56 Å². The Bertz CT molecular complexity index is 979. The summed E-state index contributed by atoms with van der Waals surface area (Å²) in [7, 11) is 0. The van der Waals surface area contributed by atoms with Gasteiger partial charge in [0, 0.05) is 35.2 Å². The van der Waals surface area contributed by atoms with E-state index in [-0.39, 0.29) is 18.1 Å². The number of pyridine rings is 1. The van der Waals surface area contributed by atoms with E-state index in [9.17, 15) is 18.4 Å². The maximum absolute atomic E-state index is 13.8. The number of primary amides is 1. The number of rotatable bonds is 4. The summed E-state index contributed by atoms with van der Waals surface area (Å²) < 4.78 is 34.5. The molecule has 0 saturated heterocycles. The van der Waals surface area contributed by atoms with Gasteiger partial charge in [0.2, 0.25) is 12.2 Å². The quantitative estimate of drug-likeness (QED) is 0.806. The van der Waals surface area contributed by atoms with Crippen molar-refractivity contribution in [2.24, 2.45) is 5.73 Å². The highest BCUT2D eigenvalue weighted by atomic mass is 35.5. The smallest absolute Gasteiger partial charge is 0.322 e. The van der Waals surface area contributed by atoms with Crippen LogP contribution < -0.4 is 11.3 Å². The summed E-state index contributed by atoms with van der Waals surface area (Å²) in [6, 6.07) is 6.72. The summed E-state index contributed by atoms with van der Waals surface area (Å²) in [6.45, 7) is 1.39. The van der Waals surface area contributed by atoms with E-state index in [1.807, 2.05) is 0 Å². The van der Waals surface area contributed by atoms with Gasteiger partial charge in [-0.15, -0.1) is 0 Å². The van der Waals surface area contributed by atoms with E-state index in [0.29, 0.717) is 5.69 Å². The summed E-state index contributed by atoms with van der Waals surface area (Å²) in [4.78, 5) is 25.1. The average Bonchev–Trinajstić information content (AvgIpc) is 2.91.